The number of carbonyl (C=O) groups is 1. The van der Waals surface area contributed by atoms with Crippen LogP contribution in [0.4, 0.5) is 24.5 Å². The van der Waals surface area contributed by atoms with Gasteiger partial charge in [0.2, 0.25) is 0 Å². The number of aliphatic hydroxyl groups is 1. The van der Waals surface area contributed by atoms with Crippen molar-refractivity contribution in [3.8, 4) is 0 Å². The molecule has 0 heterocycles. The van der Waals surface area contributed by atoms with Crippen LogP contribution in [0.3, 0.4) is 0 Å². The normalized spacial score (nSPS) is 12.6. The van der Waals surface area contributed by atoms with Gasteiger partial charge in [-0.05, 0) is 6.07 Å². The van der Waals surface area contributed by atoms with Crippen LogP contribution in [0.15, 0.2) is 18.2 Å². The Kier molecular flexibility index (Phi) is 5.08. The molecule has 21 heavy (non-hydrogen) atoms. The summed E-state index contributed by atoms with van der Waals surface area (Å²) in [6.45, 7) is -0.805. The van der Waals surface area contributed by atoms with E-state index in [0.29, 0.717) is 6.07 Å². The summed E-state index contributed by atoms with van der Waals surface area (Å²) in [7, 11) is 1.01. The monoisotopic (exact) mass is 308 g/mol. The number of hydrogen-bond acceptors (Lipinski definition) is 6. The SMILES string of the molecule is COC(=O)C(CO)Nc1ccc([N+](=O)[O-])cc1C(F)(F)F. The molecule has 2 N–H and O–H groups in total. The number of esters is 1. The zero-order valence-corrected chi connectivity index (χ0v) is 10.7. The highest BCUT2D eigenvalue weighted by atomic mass is 19.4. The van der Waals surface area contributed by atoms with Crippen LogP contribution in [0.1, 0.15) is 5.56 Å². The third-order valence-corrected chi connectivity index (χ3v) is 2.52. The fraction of sp³-hybridized carbons (Fsp3) is 0.364. The minimum absolute atomic E-state index is 0.341. The zero-order valence-electron chi connectivity index (χ0n) is 10.7. The van der Waals surface area contributed by atoms with Gasteiger partial charge in [0.25, 0.3) is 5.69 Å². The molecule has 0 saturated carbocycles. The minimum Gasteiger partial charge on any atom is -0.467 e. The van der Waals surface area contributed by atoms with Gasteiger partial charge in [0.1, 0.15) is 6.04 Å². The maximum absolute atomic E-state index is 12.9. The van der Waals surface area contributed by atoms with Crippen LogP contribution in [0, 0.1) is 10.1 Å². The van der Waals surface area contributed by atoms with Gasteiger partial charge in [-0.15, -0.1) is 0 Å². The molecule has 0 radical (unpaired) electrons. The van der Waals surface area contributed by atoms with Crippen molar-refractivity contribution < 1.29 is 32.7 Å². The first kappa shape index (κ1) is 16.7. The highest BCUT2D eigenvalue weighted by Crippen LogP contribution is 2.37. The molecule has 0 aliphatic rings. The number of nitro groups is 1. The Morgan fingerprint density at radius 1 is 1.52 bits per heavy atom. The van der Waals surface area contributed by atoms with E-state index in [4.69, 9.17) is 5.11 Å². The molecule has 0 aliphatic carbocycles. The summed E-state index contributed by atoms with van der Waals surface area (Å²) in [5.74, 6) is -0.969. The van der Waals surface area contributed by atoms with Gasteiger partial charge in [0.15, 0.2) is 0 Å². The summed E-state index contributed by atoms with van der Waals surface area (Å²) in [5, 5.41) is 21.7. The molecular formula is C11H11F3N2O5. The lowest BCUT2D eigenvalue weighted by Crippen LogP contribution is -2.34. The largest absolute Gasteiger partial charge is 0.467 e. The number of alkyl halides is 3. The van der Waals surface area contributed by atoms with E-state index >= 15 is 0 Å². The number of carbonyl (C=O) groups excluding carboxylic acids is 1. The van der Waals surface area contributed by atoms with Crippen LogP contribution in [0.25, 0.3) is 0 Å². The summed E-state index contributed by atoms with van der Waals surface area (Å²) in [6.07, 6.45) is -4.87. The third-order valence-electron chi connectivity index (χ3n) is 2.52. The van der Waals surface area contributed by atoms with E-state index in [0.717, 1.165) is 19.2 Å². The fourth-order valence-corrected chi connectivity index (χ4v) is 1.52. The van der Waals surface area contributed by atoms with E-state index in [1.54, 1.807) is 0 Å². The standard InChI is InChI=1S/C11H11F3N2O5/c1-21-10(18)9(5-17)15-8-3-2-6(16(19)20)4-7(8)11(12,13)14/h2-4,9,15,17H,5H2,1H3. The summed E-state index contributed by atoms with van der Waals surface area (Å²) < 4.78 is 43.0. The van der Waals surface area contributed by atoms with Crippen molar-refractivity contribution in [1.82, 2.24) is 0 Å². The predicted octanol–water partition coefficient (Wildman–Crippen LogP) is 1.56. The van der Waals surface area contributed by atoms with E-state index in [9.17, 15) is 28.1 Å². The number of halogens is 3. The van der Waals surface area contributed by atoms with Gasteiger partial charge in [-0.2, -0.15) is 13.2 Å². The van der Waals surface area contributed by atoms with Gasteiger partial charge in [-0.1, -0.05) is 0 Å². The molecular weight excluding hydrogens is 297 g/mol. The lowest BCUT2D eigenvalue weighted by atomic mass is 10.1. The molecule has 1 unspecified atom stereocenters. The Hall–Kier alpha value is -2.36. The highest BCUT2D eigenvalue weighted by Gasteiger charge is 2.36. The number of benzene rings is 1. The summed E-state index contributed by atoms with van der Waals surface area (Å²) >= 11 is 0. The first-order valence-electron chi connectivity index (χ1n) is 5.51. The van der Waals surface area contributed by atoms with E-state index in [2.05, 4.69) is 10.1 Å². The Bertz CT molecular complexity index is 547. The van der Waals surface area contributed by atoms with Crippen LogP contribution in [0.2, 0.25) is 0 Å². The number of nitrogens with zero attached hydrogens (tertiary/aromatic N) is 1. The Morgan fingerprint density at radius 2 is 2.14 bits per heavy atom. The Morgan fingerprint density at radius 3 is 2.57 bits per heavy atom. The highest BCUT2D eigenvalue weighted by molar-refractivity contribution is 5.80. The quantitative estimate of drug-likeness (QED) is 0.486. The number of nitrogens with one attached hydrogen (secondary N) is 1. The third kappa shape index (κ3) is 4.05. The Balaban J connectivity index is 3.23. The first-order chi connectivity index (χ1) is 9.70. The van der Waals surface area contributed by atoms with Crippen LogP contribution < -0.4 is 5.32 Å². The van der Waals surface area contributed by atoms with Crippen molar-refractivity contribution in [3.63, 3.8) is 0 Å². The molecule has 1 aromatic carbocycles. The van der Waals surface area contributed by atoms with Crippen LogP contribution in [0.5, 0.6) is 0 Å². The average Bonchev–Trinajstić information content (AvgIpc) is 2.42. The topological polar surface area (TPSA) is 102 Å². The second-order valence-electron chi connectivity index (χ2n) is 3.89. The van der Waals surface area contributed by atoms with Crippen molar-refractivity contribution in [2.45, 2.75) is 12.2 Å². The van der Waals surface area contributed by atoms with Gasteiger partial charge in [-0.3, -0.25) is 10.1 Å². The summed E-state index contributed by atoms with van der Waals surface area (Å²) in [4.78, 5) is 20.8. The van der Waals surface area contributed by atoms with Gasteiger partial charge in [0.05, 0.1) is 24.2 Å². The van der Waals surface area contributed by atoms with E-state index < -0.39 is 46.7 Å². The molecule has 1 atom stereocenters. The first-order valence-corrected chi connectivity index (χ1v) is 5.51. The molecule has 10 heteroatoms. The van der Waals surface area contributed by atoms with Gasteiger partial charge < -0.3 is 15.2 Å². The fourth-order valence-electron chi connectivity index (χ4n) is 1.52. The molecule has 1 aromatic rings. The molecule has 0 saturated heterocycles. The average molecular weight is 308 g/mol. The van der Waals surface area contributed by atoms with Crippen molar-refractivity contribution in [1.29, 1.82) is 0 Å². The van der Waals surface area contributed by atoms with Gasteiger partial charge in [-0.25, -0.2) is 4.79 Å². The van der Waals surface area contributed by atoms with Crippen LogP contribution in [-0.4, -0.2) is 35.8 Å². The van der Waals surface area contributed by atoms with Crippen molar-refractivity contribution in [3.05, 3.63) is 33.9 Å². The second-order valence-corrected chi connectivity index (χ2v) is 3.89. The number of hydrogen-bond donors (Lipinski definition) is 2. The molecule has 0 bridgehead atoms. The van der Waals surface area contributed by atoms with Crippen molar-refractivity contribution in [2.24, 2.45) is 0 Å². The number of methoxy groups -OCH3 is 1. The molecule has 0 amide bonds. The van der Waals surface area contributed by atoms with Gasteiger partial charge >= 0.3 is 12.1 Å². The molecule has 1 rings (SSSR count). The Labute approximate surface area is 116 Å². The van der Waals surface area contributed by atoms with E-state index in [1.165, 1.54) is 0 Å². The van der Waals surface area contributed by atoms with E-state index in [1.807, 2.05) is 0 Å². The van der Waals surface area contributed by atoms with E-state index in [-0.39, 0.29) is 0 Å². The number of rotatable bonds is 5. The van der Waals surface area contributed by atoms with Gasteiger partial charge in [0, 0.05) is 17.8 Å². The summed E-state index contributed by atoms with van der Waals surface area (Å²) in [5.41, 5.74) is -2.64. The molecule has 116 valence electrons. The van der Waals surface area contributed by atoms with Crippen LogP contribution in [-0.2, 0) is 15.7 Å². The van der Waals surface area contributed by atoms with Crippen molar-refractivity contribution >= 4 is 17.3 Å². The number of anilines is 1. The molecule has 7 nitrogen and oxygen atoms in total. The summed E-state index contributed by atoms with van der Waals surface area (Å²) in [6, 6.07) is 0.585. The number of aliphatic hydroxyl groups excluding tert-OH is 1. The molecule has 0 aromatic heterocycles. The molecule has 0 spiro atoms. The number of nitro benzene ring substituents is 1. The van der Waals surface area contributed by atoms with Crippen LogP contribution >= 0.6 is 0 Å². The predicted molar refractivity (Wildman–Crippen MR) is 64.6 cm³/mol. The smallest absolute Gasteiger partial charge is 0.418 e. The molecule has 0 aliphatic heterocycles. The van der Waals surface area contributed by atoms with Crippen molar-refractivity contribution in [2.75, 3.05) is 19.0 Å². The minimum atomic E-state index is -4.87. The lowest BCUT2D eigenvalue weighted by Gasteiger charge is -2.19. The maximum atomic E-state index is 12.9. The molecule has 0 fully saturated rings. The zero-order chi connectivity index (χ0) is 16.2. The number of ether oxygens (including phenoxy) is 1. The maximum Gasteiger partial charge on any atom is 0.418 e. The number of non-ortho nitro benzene ring substituents is 1. The second kappa shape index (κ2) is 6.39. The lowest BCUT2D eigenvalue weighted by molar-refractivity contribution is -0.385.